The number of hydrogen-bond donors (Lipinski definition) is 2. The molecule has 0 saturated heterocycles. The van der Waals surface area contributed by atoms with E-state index in [2.05, 4.69) is 25.9 Å². The minimum Gasteiger partial charge on any atom is -0.397 e. The first kappa shape index (κ1) is 15.3. The molecule has 22 heavy (non-hydrogen) atoms. The predicted octanol–water partition coefficient (Wildman–Crippen LogP) is 3.57. The fraction of sp³-hybridized carbons (Fsp3) is 0.0714. The van der Waals surface area contributed by atoms with E-state index in [1.165, 1.54) is 23.1 Å². The number of ketones is 1. The summed E-state index contributed by atoms with van der Waals surface area (Å²) in [7, 11) is 0. The lowest BCUT2D eigenvalue weighted by molar-refractivity contribution is 0.104. The van der Waals surface area contributed by atoms with Gasteiger partial charge in [0.15, 0.2) is 0 Å². The lowest BCUT2D eigenvalue weighted by Crippen LogP contribution is -2.02. The van der Waals surface area contributed by atoms with E-state index in [0.29, 0.717) is 31.4 Å². The van der Waals surface area contributed by atoms with E-state index >= 15 is 0 Å². The monoisotopic (exact) mass is 394 g/mol. The van der Waals surface area contributed by atoms with Crippen LogP contribution >= 0.6 is 39.0 Å². The molecule has 2 heterocycles. The largest absolute Gasteiger partial charge is 0.397 e. The van der Waals surface area contributed by atoms with Crippen LogP contribution in [-0.2, 0) is 0 Å². The van der Waals surface area contributed by atoms with Crippen LogP contribution in [0, 0.1) is 0 Å². The highest BCUT2D eigenvalue weighted by atomic mass is 79.9. The van der Waals surface area contributed by atoms with Crippen molar-refractivity contribution in [2.24, 2.45) is 0 Å². The van der Waals surface area contributed by atoms with Gasteiger partial charge in [0, 0.05) is 10.0 Å². The predicted molar refractivity (Wildman–Crippen MR) is 95.6 cm³/mol. The highest BCUT2D eigenvalue weighted by Gasteiger charge is 2.21. The van der Waals surface area contributed by atoms with E-state index < -0.39 is 0 Å². The van der Waals surface area contributed by atoms with Gasteiger partial charge in [-0.2, -0.15) is 0 Å². The quantitative estimate of drug-likeness (QED) is 0.400. The van der Waals surface area contributed by atoms with Crippen LogP contribution in [0.25, 0.3) is 10.2 Å². The van der Waals surface area contributed by atoms with E-state index in [1.54, 1.807) is 12.1 Å². The summed E-state index contributed by atoms with van der Waals surface area (Å²) >= 11 is 6.02. The fourth-order valence-corrected chi connectivity index (χ4v) is 4.04. The summed E-state index contributed by atoms with van der Waals surface area (Å²) in [6, 6.07) is 7.15. The standard InChI is InChI=1S/C14H11BrN4OS2/c1-21-12-8-9(16)11(22-13(8)19-14(17)18-12)10(20)6-2-4-7(15)5-3-6/h2-5H,16H2,1H3,(H2,17,18,19). The number of benzene rings is 1. The number of thiophene rings is 1. The Morgan fingerprint density at radius 2 is 1.91 bits per heavy atom. The number of carbonyl (C=O) groups excluding carboxylic acids is 1. The Morgan fingerprint density at radius 1 is 1.23 bits per heavy atom. The lowest BCUT2D eigenvalue weighted by Gasteiger charge is -2.02. The number of halogens is 1. The molecule has 0 bridgehead atoms. The van der Waals surface area contributed by atoms with Crippen molar-refractivity contribution in [3.05, 3.63) is 39.2 Å². The number of fused-ring (bicyclic) bond motifs is 1. The van der Waals surface area contributed by atoms with Crippen molar-refractivity contribution >= 4 is 66.7 Å². The maximum atomic E-state index is 12.7. The summed E-state index contributed by atoms with van der Waals surface area (Å²) < 4.78 is 0.914. The molecule has 0 radical (unpaired) electrons. The van der Waals surface area contributed by atoms with E-state index in [1.807, 2.05) is 18.4 Å². The Kier molecular flexibility index (Phi) is 4.07. The van der Waals surface area contributed by atoms with E-state index in [-0.39, 0.29) is 11.7 Å². The highest BCUT2D eigenvalue weighted by molar-refractivity contribution is 9.10. The molecular weight excluding hydrogens is 384 g/mol. The number of anilines is 2. The molecule has 0 spiro atoms. The number of hydrogen-bond acceptors (Lipinski definition) is 7. The van der Waals surface area contributed by atoms with Gasteiger partial charge in [0.2, 0.25) is 11.7 Å². The second kappa shape index (κ2) is 5.86. The molecule has 0 saturated carbocycles. The Labute approximate surface area is 143 Å². The Bertz CT molecular complexity index is 877. The molecule has 2 aromatic heterocycles. The summed E-state index contributed by atoms with van der Waals surface area (Å²) in [5.41, 5.74) is 12.9. The van der Waals surface area contributed by atoms with E-state index in [9.17, 15) is 4.79 Å². The summed E-state index contributed by atoms with van der Waals surface area (Å²) in [6.07, 6.45) is 1.88. The second-order valence-electron chi connectivity index (χ2n) is 4.45. The summed E-state index contributed by atoms with van der Waals surface area (Å²) in [5, 5.41) is 1.39. The first-order valence-electron chi connectivity index (χ1n) is 6.21. The maximum Gasteiger partial charge on any atom is 0.222 e. The molecule has 3 aromatic rings. The van der Waals surface area contributed by atoms with Crippen molar-refractivity contribution < 1.29 is 4.79 Å². The molecule has 3 rings (SSSR count). The number of thioether (sulfide) groups is 1. The summed E-state index contributed by atoms with van der Waals surface area (Å²) in [4.78, 5) is 22.1. The molecule has 112 valence electrons. The van der Waals surface area contributed by atoms with Gasteiger partial charge >= 0.3 is 0 Å². The Morgan fingerprint density at radius 3 is 2.55 bits per heavy atom. The number of nitrogens with zero attached hydrogens (tertiary/aromatic N) is 2. The second-order valence-corrected chi connectivity index (χ2v) is 7.16. The summed E-state index contributed by atoms with van der Waals surface area (Å²) in [6.45, 7) is 0. The SMILES string of the molecule is CSc1nc(N)nc2sc(C(=O)c3ccc(Br)cc3)c(N)c12. The van der Waals surface area contributed by atoms with Gasteiger partial charge < -0.3 is 11.5 Å². The van der Waals surface area contributed by atoms with Crippen LogP contribution in [0.4, 0.5) is 11.6 Å². The fourth-order valence-electron chi connectivity index (χ4n) is 2.05. The maximum absolute atomic E-state index is 12.7. The molecule has 0 aliphatic carbocycles. The average molecular weight is 395 g/mol. The van der Waals surface area contributed by atoms with Crippen molar-refractivity contribution in [2.75, 3.05) is 17.7 Å². The molecule has 5 nitrogen and oxygen atoms in total. The molecule has 0 unspecified atom stereocenters. The number of rotatable bonds is 3. The number of nitrogen functional groups attached to an aromatic ring is 2. The minimum absolute atomic E-state index is 0.126. The van der Waals surface area contributed by atoms with Crippen molar-refractivity contribution in [2.45, 2.75) is 5.03 Å². The summed E-state index contributed by atoms with van der Waals surface area (Å²) in [5.74, 6) is 0.0550. The number of nitrogens with two attached hydrogens (primary N) is 2. The normalized spacial score (nSPS) is 11.0. The van der Waals surface area contributed by atoms with Crippen LogP contribution in [0.1, 0.15) is 15.2 Å². The van der Waals surface area contributed by atoms with Crippen molar-refractivity contribution in [1.82, 2.24) is 9.97 Å². The van der Waals surface area contributed by atoms with Crippen LogP contribution in [-0.4, -0.2) is 22.0 Å². The molecule has 0 atom stereocenters. The molecule has 4 N–H and O–H groups in total. The smallest absolute Gasteiger partial charge is 0.222 e. The first-order chi connectivity index (χ1) is 10.5. The highest BCUT2D eigenvalue weighted by Crippen LogP contribution is 2.38. The molecular formula is C14H11BrN4OS2. The number of aromatic nitrogens is 2. The van der Waals surface area contributed by atoms with Gasteiger partial charge in [-0.15, -0.1) is 23.1 Å². The van der Waals surface area contributed by atoms with Gasteiger partial charge in [-0.25, -0.2) is 9.97 Å². The molecule has 1 aromatic carbocycles. The topological polar surface area (TPSA) is 94.9 Å². The van der Waals surface area contributed by atoms with Crippen molar-refractivity contribution in [1.29, 1.82) is 0 Å². The minimum atomic E-state index is -0.126. The van der Waals surface area contributed by atoms with Crippen LogP contribution in [0.5, 0.6) is 0 Å². The van der Waals surface area contributed by atoms with Crippen LogP contribution in [0.15, 0.2) is 33.8 Å². The lowest BCUT2D eigenvalue weighted by atomic mass is 10.1. The Balaban J connectivity index is 2.17. The third-order valence-electron chi connectivity index (χ3n) is 3.08. The Hall–Kier alpha value is -1.64. The molecule has 0 aliphatic heterocycles. The van der Waals surface area contributed by atoms with Gasteiger partial charge in [0.25, 0.3) is 0 Å². The van der Waals surface area contributed by atoms with E-state index in [4.69, 9.17) is 11.5 Å². The van der Waals surface area contributed by atoms with Gasteiger partial charge in [-0.3, -0.25) is 4.79 Å². The van der Waals surface area contributed by atoms with Crippen LogP contribution < -0.4 is 11.5 Å². The van der Waals surface area contributed by atoms with Crippen LogP contribution in [0.3, 0.4) is 0 Å². The first-order valence-corrected chi connectivity index (χ1v) is 9.04. The van der Waals surface area contributed by atoms with Crippen molar-refractivity contribution in [3.63, 3.8) is 0 Å². The van der Waals surface area contributed by atoms with Crippen LogP contribution in [0.2, 0.25) is 0 Å². The zero-order valence-electron chi connectivity index (χ0n) is 11.5. The molecule has 0 aliphatic rings. The third kappa shape index (κ3) is 2.57. The number of carbonyl (C=O) groups is 1. The van der Waals surface area contributed by atoms with Crippen molar-refractivity contribution in [3.8, 4) is 0 Å². The zero-order valence-corrected chi connectivity index (χ0v) is 14.7. The molecule has 0 fully saturated rings. The molecule has 0 amide bonds. The van der Waals surface area contributed by atoms with Gasteiger partial charge in [0.1, 0.15) is 14.7 Å². The van der Waals surface area contributed by atoms with E-state index in [0.717, 1.165) is 4.47 Å². The third-order valence-corrected chi connectivity index (χ3v) is 5.39. The van der Waals surface area contributed by atoms with Gasteiger partial charge in [0.05, 0.1) is 11.1 Å². The molecule has 8 heteroatoms. The zero-order chi connectivity index (χ0) is 15.9. The van der Waals surface area contributed by atoms with Gasteiger partial charge in [-0.05, 0) is 30.5 Å². The van der Waals surface area contributed by atoms with Gasteiger partial charge in [-0.1, -0.05) is 15.9 Å². The average Bonchev–Trinajstić information content (AvgIpc) is 2.83.